The summed E-state index contributed by atoms with van der Waals surface area (Å²) in [5.74, 6) is 0. The van der Waals surface area contributed by atoms with E-state index in [4.69, 9.17) is 15.0 Å². The summed E-state index contributed by atoms with van der Waals surface area (Å²) in [5, 5.41) is 13.9. The number of hydrogen-bond donors (Lipinski definition) is 2. The van der Waals surface area contributed by atoms with Crippen molar-refractivity contribution in [3.8, 4) is 0 Å². The molecule has 0 aromatic rings. The Bertz CT molecular complexity index is 29.9. The molecule has 0 fully saturated rings. The predicted molar refractivity (Wildman–Crippen MR) is 16.4 cm³/mol. The van der Waals surface area contributed by atoms with Crippen LogP contribution in [0.1, 0.15) is 0 Å². The van der Waals surface area contributed by atoms with E-state index in [2.05, 4.69) is 0 Å². The minimum Gasteiger partial charge on any atom is -0.450 e. The molecule has 0 rings (SSSR count). The summed E-state index contributed by atoms with van der Waals surface area (Å²) in [7, 11) is 0. The monoisotopic (exact) mass is 71.0 g/mol. The third-order valence-corrected chi connectivity index (χ3v) is 0. The van der Waals surface area contributed by atoms with Crippen LogP contribution in [0.3, 0.4) is 0 Å². The van der Waals surface area contributed by atoms with Gasteiger partial charge in [-0.1, -0.05) is 0 Å². The standard InChI is InChI=1S/CH2O3.Be/c2-1(3)4;/h(H2,2,3,4);. The first-order valence-electron chi connectivity index (χ1n) is 0.651. The molecule has 5 heavy (non-hydrogen) atoms. The topological polar surface area (TPSA) is 57.5 Å². The van der Waals surface area contributed by atoms with Gasteiger partial charge in [-0.15, -0.1) is 0 Å². The van der Waals surface area contributed by atoms with Crippen molar-refractivity contribution in [3.05, 3.63) is 0 Å². The van der Waals surface area contributed by atoms with Gasteiger partial charge in [0.05, 0.1) is 0 Å². The van der Waals surface area contributed by atoms with E-state index in [1.807, 2.05) is 0 Å². The van der Waals surface area contributed by atoms with Crippen molar-refractivity contribution in [1.82, 2.24) is 0 Å². The summed E-state index contributed by atoms with van der Waals surface area (Å²) in [5.41, 5.74) is 0. The minimum atomic E-state index is -1.83. The van der Waals surface area contributed by atoms with Gasteiger partial charge in [0.15, 0.2) is 0 Å². The maximum absolute atomic E-state index is 8.56. The van der Waals surface area contributed by atoms with Crippen LogP contribution < -0.4 is 0 Å². The molecular weight excluding hydrogens is 69.0 g/mol. The van der Waals surface area contributed by atoms with Crippen LogP contribution in [0.25, 0.3) is 0 Å². The summed E-state index contributed by atoms with van der Waals surface area (Å²) < 4.78 is 0. The summed E-state index contributed by atoms with van der Waals surface area (Å²) >= 11 is 0. The van der Waals surface area contributed by atoms with Gasteiger partial charge in [0.1, 0.15) is 0 Å². The van der Waals surface area contributed by atoms with Gasteiger partial charge in [0.25, 0.3) is 0 Å². The zero-order chi connectivity index (χ0) is 3.58. The summed E-state index contributed by atoms with van der Waals surface area (Å²) in [6.45, 7) is 0. The second kappa shape index (κ2) is 3.44. The molecule has 0 atom stereocenters. The Balaban J connectivity index is 0. The number of hydrogen-bond acceptors (Lipinski definition) is 1. The van der Waals surface area contributed by atoms with Gasteiger partial charge in [-0.05, 0) is 0 Å². The number of rotatable bonds is 0. The van der Waals surface area contributed by atoms with Gasteiger partial charge in [-0.2, -0.15) is 0 Å². The van der Waals surface area contributed by atoms with E-state index in [1.165, 1.54) is 0 Å². The summed E-state index contributed by atoms with van der Waals surface area (Å²) in [4.78, 5) is 8.56. The van der Waals surface area contributed by atoms with Crippen LogP contribution >= 0.6 is 0 Å². The molecule has 3 nitrogen and oxygen atoms in total. The molecule has 2 N–H and O–H groups in total. The Kier molecular flexibility index (Phi) is 6.07. The van der Waals surface area contributed by atoms with E-state index in [0.29, 0.717) is 0 Å². The Morgan fingerprint density at radius 3 is 1.40 bits per heavy atom. The van der Waals surface area contributed by atoms with Crippen molar-refractivity contribution in [2.75, 3.05) is 0 Å². The number of carbonyl (C=O) groups is 1. The van der Waals surface area contributed by atoms with Gasteiger partial charge >= 0.3 is 6.16 Å². The molecule has 0 heterocycles. The van der Waals surface area contributed by atoms with Crippen molar-refractivity contribution in [2.45, 2.75) is 0 Å². The largest absolute Gasteiger partial charge is 0.503 e. The molecule has 0 spiro atoms. The molecule has 2 radical (unpaired) electrons. The first kappa shape index (κ1) is 8.83. The molecule has 0 unspecified atom stereocenters. The fraction of sp³-hybridized carbons (Fsp3) is 0. The van der Waals surface area contributed by atoms with Crippen LogP contribution in [-0.4, -0.2) is 26.5 Å². The van der Waals surface area contributed by atoms with Crippen molar-refractivity contribution < 1.29 is 15.0 Å². The smallest absolute Gasteiger partial charge is 0.450 e. The van der Waals surface area contributed by atoms with Gasteiger partial charge in [0, 0.05) is 10.1 Å². The fourth-order valence-corrected chi connectivity index (χ4v) is 0. The van der Waals surface area contributed by atoms with Crippen LogP contribution in [0.5, 0.6) is 0 Å². The molecule has 0 aliphatic rings. The Labute approximate surface area is 32.5 Å². The molecule has 0 aliphatic heterocycles. The number of carboxylic acid groups (broad SMARTS) is 2. The van der Waals surface area contributed by atoms with Crippen molar-refractivity contribution in [1.29, 1.82) is 0 Å². The van der Waals surface area contributed by atoms with E-state index < -0.39 is 6.16 Å². The first-order chi connectivity index (χ1) is 1.73. The van der Waals surface area contributed by atoms with Gasteiger partial charge < -0.3 is 10.2 Å². The molecule has 0 aliphatic carbocycles. The zero-order valence-electron chi connectivity index (χ0n) is 2.51. The molecule has 0 saturated carbocycles. The van der Waals surface area contributed by atoms with Crippen molar-refractivity contribution in [2.24, 2.45) is 0 Å². The predicted octanol–water partition coefficient (Wildman–Crippen LogP) is -0.158. The minimum absolute atomic E-state index is 0. The average Bonchev–Trinajstić information content (AvgIpc) is 0.811. The van der Waals surface area contributed by atoms with E-state index in [-0.39, 0.29) is 10.1 Å². The second-order valence-electron chi connectivity index (χ2n) is 0.283. The molecule has 0 aromatic heterocycles. The zero-order valence-corrected chi connectivity index (χ0v) is 2.51. The molecule has 0 bridgehead atoms. The maximum atomic E-state index is 8.56. The summed E-state index contributed by atoms with van der Waals surface area (Å²) in [6.07, 6.45) is -1.83. The van der Waals surface area contributed by atoms with E-state index >= 15 is 0 Å². The third kappa shape index (κ3) is 22.6. The fourth-order valence-electron chi connectivity index (χ4n) is 0. The average molecular weight is 71.0 g/mol. The quantitative estimate of drug-likeness (QED) is 0.390. The van der Waals surface area contributed by atoms with E-state index in [0.717, 1.165) is 0 Å². The molecule has 0 aromatic carbocycles. The molecule has 0 saturated heterocycles. The Morgan fingerprint density at radius 2 is 1.40 bits per heavy atom. The molecular formula is CH2BeO3. The Hall–Kier alpha value is -0.561. The van der Waals surface area contributed by atoms with Gasteiger partial charge in [-0.3, -0.25) is 0 Å². The van der Waals surface area contributed by atoms with Gasteiger partial charge in [-0.25, -0.2) is 4.79 Å². The third-order valence-electron chi connectivity index (χ3n) is 0. The SMILES string of the molecule is O=C(O)O.[Be]. The van der Waals surface area contributed by atoms with Crippen LogP contribution in [0.4, 0.5) is 4.79 Å². The maximum Gasteiger partial charge on any atom is 0.503 e. The first-order valence-corrected chi connectivity index (χ1v) is 0.651. The normalized spacial score (nSPS) is 4.80. The van der Waals surface area contributed by atoms with Crippen molar-refractivity contribution >= 4 is 16.3 Å². The van der Waals surface area contributed by atoms with Crippen LogP contribution in [0.15, 0.2) is 0 Å². The molecule has 26 valence electrons. The van der Waals surface area contributed by atoms with Crippen LogP contribution in [-0.2, 0) is 0 Å². The van der Waals surface area contributed by atoms with Crippen molar-refractivity contribution in [3.63, 3.8) is 0 Å². The van der Waals surface area contributed by atoms with E-state index in [9.17, 15) is 0 Å². The second-order valence-corrected chi connectivity index (χ2v) is 0.283. The molecule has 4 heteroatoms. The van der Waals surface area contributed by atoms with Gasteiger partial charge in [0.2, 0.25) is 0 Å². The van der Waals surface area contributed by atoms with Crippen LogP contribution in [0, 0.1) is 0 Å². The van der Waals surface area contributed by atoms with E-state index in [1.54, 1.807) is 0 Å². The van der Waals surface area contributed by atoms with Crippen LogP contribution in [0.2, 0.25) is 0 Å². The summed E-state index contributed by atoms with van der Waals surface area (Å²) in [6, 6.07) is 0. The molecule has 0 amide bonds. The Morgan fingerprint density at radius 1 is 1.40 bits per heavy atom.